The number of aliphatic hydroxyl groups excluding tert-OH is 2. The molecule has 58 valence electrons. The van der Waals surface area contributed by atoms with Crippen molar-refractivity contribution >= 4 is 0 Å². The summed E-state index contributed by atoms with van der Waals surface area (Å²) in [6, 6.07) is 0. The zero-order valence-electron chi connectivity index (χ0n) is 5.10. The Hall–Kier alpha value is -0.200. The van der Waals surface area contributed by atoms with Gasteiger partial charge >= 0.3 is 0 Å². The van der Waals surface area contributed by atoms with E-state index in [4.69, 9.17) is 20.1 Å². The number of rotatable bonds is 1. The number of hydrogen-bond donors (Lipinski definition) is 3. The fourth-order valence-corrected chi connectivity index (χ4v) is 1.11. The Morgan fingerprint density at radius 3 is 2.50 bits per heavy atom. The fourth-order valence-electron chi connectivity index (χ4n) is 1.11. The third-order valence-electron chi connectivity index (χ3n) is 1.83. The lowest BCUT2D eigenvalue weighted by Gasteiger charge is -2.14. The van der Waals surface area contributed by atoms with Crippen LogP contribution >= 0.6 is 0 Å². The monoisotopic (exact) mass is 148 g/mol. The predicted molar refractivity (Wildman–Crippen MR) is 27.8 cm³/mol. The van der Waals surface area contributed by atoms with E-state index in [2.05, 4.69) is 4.74 Å². The maximum atomic E-state index is 9.13. The van der Waals surface area contributed by atoms with E-state index >= 15 is 0 Å². The van der Waals surface area contributed by atoms with E-state index in [1.807, 2.05) is 0 Å². The molecule has 0 spiro atoms. The molecule has 0 saturated carbocycles. The van der Waals surface area contributed by atoms with Gasteiger partial charge in [-0.05, 0) is 0 Å². The van der Waals surface area contributed by atoms with Crippen molar-refractivity contribution in [3.05, 3.63) is 0 Å². The maximum absolute atomic E-state index is 9.13. The second-order valence-electron chi connectivity index (χ2n) is 2.50. The van der Waals surface area contributed by atoms with Crippen LogP contribution in [0.1, 0.15) is 0 Å². The van der Waals surface area contributed by atoms with E-state index in [0.29, 0.717) is 0 Å². The molecule has 2 fully saturated rings. The molecule has 0 aromatic carbocycles. The van der Waals surface area contributed by atoms with Gasteiger partial charge in [0.2, 0.25) is 12.1 Å². The van der Waals surface area contributed by atoms with Crippen LogP contribution in [0.2, 0.25) is 0 Å². The van der Waals surface area contributed by atoms with Gasteiger partial charge in [-0.25, -0.2) is 0 Å². The standard InChI is InChI=1S/C5H8O5/c6-1-2-3(7)5(8)4(9-2)10-5/h2-4,6-8H,1H2/t2-,3-,4+,5+/m0/s1. The molecule has 0 aromatic rings. The van der Waals surface area contributed by atoms with Crippen LogP contribution in [0, 0.1) is 0 Å². The van der Waals surface area contributed by atoms with E-state index in [0.717, 1.165) is 0 Å². The molecule has 3 N–H and O–H groups in total. The van der Waals surface area contributed by atoms with E-state index in [9.17, 15) is 0 Å². The predicted octanol–water partition coefficient (Wildman–Crippen LogP) is -2.22. The summed E-state index contributed by atoms with van der Waals surface area (Å²) in [6.07, 6.45) is -2.56. The van der Waals surface area contributed by atoms with Gasteiger partial charge in [0.25, 0.3) is 0 Å². The topological polar surface area (TPSA) is 82.5 Å². The quantitative estimate of drug-likeness (QED) is 0.367. The number of fused-ring (bicyclic) bond motifs is 1. The molecule has 2 saturated heterocycles. The minimum Gasteiger partial charge on any atom is -0.394 e. The minimum absolute atomic E-state index is 0.302. The van der Waals surface area contributed by atoms with Crippen LogP contribution in [0.4, 0.5) is 0 Å². The van der Waals surface area contributed by atoms with Gasteiger partial charge in [0, 0.05) is 0 Å². The summed E-state index contributed by atoms with van der Waals surface area (Å²) in [6.45, 7) is -0.302. The first-order chi connectivity index (χ1) is 4.68. The van der Waals surface area contributed by atoms with Gasteiger partial charge in [-0.1, -0.05) is 0 Å². The van der Waals surface area contributed by atoms with Crippen molar-refractivity contribution < 1.29 is 24.8 Å². The summed E-state index contributed by atoms with van der Waals surface area (Å²) in [5.41, 5.74) is 0. The molecule has 0 amide bonds. The summed E-state index contributed by atoms with van der Waals surface area (Å²) in [7, 11) is 0. The summed E-state index contributed by atoms with van der Waals surface area (Å²) < 4.78 is 9.38. The van der Waals surface area contributed by atoms with E-state index in [1.165, 1.54) is 0 Å². The van der Waals surface area contributed by atoms with Gasteiger partial charge in [0.05, 0.1) is 6.61 Å². The van der Waals surface area contributed by atoms with Gasteiger partial charge in [-0.3, -0.25) is 0 Å². The molecule has 5 heteroatoms. The van der Waals surface area contributed by atoms with Crippen molar-refractivity contribution in [1.82, 2.24) is 0 Å². The normalized spacial score (nSPS) is 58.5. The molecule has 2 aliphatic rings. The average molecular weight is 148 g/mol. The minimum atomic E-state index is -1.53. The van der Waals surface area contributed by atoms with Crippen molar-refractivity contribution in [3.63, 3.8) is 0 Å². The zero-order valence-corrected chi connectivity index (χ0v) is 5.10. The molecule has 2 heterocycles. The molecule has 4 atom stereocenters. The third-order valence-corrected chi connectivity index (χ3v) is 1.83. The Kier molecular flexibility index (Phi) is 1.10. The van der Waals surface area contributed by atoms with Gasteiger partial charge in [-0.2, -0.15) is 0 Å². The highest BCUT2D eigenvalue weighted by atomic mass is 16.9. The highest BCUT2D eigenvalue weighted by Crippen LogP contribution is 2.46. The lowest BCUT2D eigenvalue weighted by atomic mass is 10.1. The van der Waals surface area contributed by atoms with Crippen LogP contribution < -0.4 is 0 Å². The van der Waals surface area contributed by atoms with Gasteiger partial charge in [0.1, 0.15) is 12.2 Å². The van der Waals surface area contributed by atoms with Crippen molar-refractivity contribution in [2.45, 2.75) is 24.3 Å². The third kappa shape index (κ3) is 0.586. The van der Waals surface area contributed by atoms with Crippen molar-refractivity contribution in [1.29, 1.82) is 0 Å². The smallest absolute Gasteiger partial charge is 0.250 e. The maximum Gasteiger partial charge on any atom is 0.250 e. The van der Waals surface area contributed by atoms with Crippen LogP contribution in [0.25, 0.3) is 0 Å². The number of epoxide rings is 1. The first-order valence-electron chi connectivity index (χ1n) is 3.03. The summed E-state index contributed by atoms with van der Waals surface area (Å²) in [5, 5.41) is 26.8. The van der Waals surface area contributed by atoms with Crippen LogP contribution in [-0.4, -0.2) is 46.2 Å². The van der Waals surface area contributed by atoms with Crippen LogP contribution in [0.3, 0.4) is 0 Å². The molecular weight excluding hydrogens is 140 g/mol. The SMILES string of the molecule is OC[C@@H]1O[C@@H]2O[C@]2(O)[C@H]1O. The fraction of sp³-hybridized carbons (Fsp3) is 1.00. The van der Waals surface area contributed by atoms with Crippen molar-refractivity contribution in [2.24, 2.45) is 0 Å². The van der Waals surface area contributed by atoms with Crippen molar-refractivity contribution in [3.8, 4) is 0 Å². The van der Waals surface area contributed by atoms with E-state index in [-0.39, 0.29) is 6.61 Å². The first kappa shape index (κ1) is 6.51. The molecule has 0 aromatic heterocycles. The molecule has 5 nitrogen and oxygen atoms in total. The Morgan fingerprint density at radius 1 is 1.50 bits per heavy atom. The highest BCUT2D eigenvalue weighted by molar-refractivity contribution is 5.03. The lowest BCUT2D eigenvalue weighted by molar-refractivity contribution is -0.136. The molecular formula is C5H8O5. The van der Waals surface area contributed by atoms with Gasteiger partial charge in [-0.15, -0.1) is 0 Å². The zero-order chi connectivity index (χ0) is 7.35. The molecule has 0 unspecified atom stereocenters. The molecule has 10 heavy (non-hydrogen) atoms. The van der Waals surface area contributed by atoms with Gasteiger partial charge < -0.3 is 24.8 Å². The van der Waals surface area contributed by atoms with Crippen LogP contribution in [0.5, 0.6) is 0 Å². The van der Waals surface area contributed by atoms with Crippen LogP contribution in [0.15, 0.2) is 0 Å². The number of aliphatic hydroxyl groups is 3. The van der Waals surface area contributed by atoms with E-state index < -0.39 is 24.3 Å². The largest absolute Gasteiger partial charge is 0.394 e. The molecule has 0 aliphatic carbocycles. The molecule has 2 aliphatic heterocycles. The lowest BCUT2D eigenvalue weighted by Crippen LogP contribution is -2.37. The second kappa shape index (κ2) is 1.69. The highest BCUT2D eigenvalue weighted by Gasteiger charge is 2.70. The number of hydrogen-bond acceptors (Lipinski definition) is 5. The van der Waals surface area contributed by atoms with Gasteiger partial charge in [0.15, 0.2) is 0 Å². The Bertz CT molecular complexity index is 160. The Morgan fingerprint density at radius 2 is 2.20 bits per heavy atom. The second-order valence-corrected chi connectivity index (χ2v) is 2.50. The summed E-state index contributed by atoms with van der Waals surface area (Å²) in [4.78, 5) is 0. The summed E-state index contributed by atoms with van der Waals surface area (Å²) in [5.74, 6) is -1.53. The first-order valence-corrected chi connectivity index (χ1v) is 3.03. The van der Waals surface area contributed by atoms with Crippen LogP contribution in [-0.2, 0) is 9.47 Å². The molecule has 0 radical (unpaired) electrons. The van der Waals surface area contributed by atoms with Crippen molar-refractivity contribution in [2.75, 3.05) is 6.61 Å². The Labute approximate surface area is 56.8 Å². The molecule has 0 bridgehead atoms. The molecule has 2 rings (SSSR count). The Balaban J connectivity index is 2.09. The average Bonchev–Trinajstić information content (AvgIpc) is 2.51. The van der Waals surface area contributed by atoms with E-state index in [1.54, 1.807) is 0 Å². The summed E-state index contributed by atoms with van der Waals surface area (Å²) >= 11 is 0. The number of ether oxygens (including phenoxy) is 2.